The van der Waals surface area contributed by atoms with Crippen LogP contribution in [-0.4, -0.2) is 34.9 Å². The molecule has 0 fully saturated rings. The summed E-state index contributed by atoms with van der Waals surface area (Å²) in [5.41, 5.74) is 0. The molecule has 0 aromatic rings. The third kappa shape index (κ3) is 52.5. The van der Waals surface area contributed by atoms with E-state index in [1.165, 1.54) is 199 Å². The average molecular weight is 919 g/mol. The van der Waals surface area contributed by atoms with Crippen molar-refractivity contribution in [1.82, 2.24) is 5.32 Å². The number of hydrogen-bond acceptors (Lipinski definition) is 3. The largest absolute Gasteiger partial charge is 0.394 e. The van der Waals surface area contributed by atoms with Crippen LogP contribution in [0.15, 0.2) is 85.1 Å². The third-order valence-electron chi connectivity index (χ3n) is 12.9. The average Bonchev–Trinajstić information content (AvgIpc) is 3.32. The fourth-order valence-electron chi connectivity index (χ4n) is 8.54. The number of amides is 1. The molecule has 382 valence electrons. The van der Waals surface area contributed by atoms with Gasteiger partial charge in [0.05, 0.1) is 18.8 Å². The van der Waals surface area contributed by atoms with Crippen LogP contribution < -0.4 is 5.32 Å². The monoisotopic (exact) mass is 918 g/mol. The number of carbonyl (C=O) groups excluding carboxylic acids is 1. The molecule has 4 nitrogen and oxygen atoms in total. The Morgan fingerprint density at radius 2 is 0.667 bits per heavy atom. The molecule has 0 saturated carbocycles. The Labute approximate surface area is 411 Å². The number of rotatable bonds is 52. The van der Waals surface area contributed by atoms with Crippen molar-refractivity contribution < 1.29 is 15.0 Å². The van der Waals surface area contributed by atoms with E-state index in [-0.39, 0.29) is 12.5 Å². The lowest BCUT2D eigenvalue weighted by atomic mass is 10.0. The second kappa shape index (κ2) is 56.9. The maximum Gasteiger partial charge on any atom is 0.220 e. The topological polar surface area (TPSA) is 69.6 Å². The van der Waals surface area contributed by atoms with Crippen LogP contribution in [0, 0.1) is 0 Å². The number of aliphatic hydroxyl groups is 2. The normalized spacial score (nSPS) is 13.5. The highest BCUT2D eigenvalue weighted by molar-refractivity contribution is 5.76. The van der Waals surface area contributed by atoms with Gasteiger partial charge in [0.1, 0.15) is 0 Å². The molecule has 0 aliphatic rings. The van der Waals surface area contributed by atoms with Crippen molar-refractivity contribution >= 4 is 5.91 Å². The minimum Gasteiger partial charge on any atom is -0.394 e. The summed E-state index contributed by atoms with van der Waals surface area (Å²) in [6, 6.07) is -0.622. The van der Waals surface area contributed by atoms with Gasteiger partial charge in [-0.3, -0.25) is 4.79 Å². The minimum atomic E-state index is -0.839. The first-order valence-corrected chi connectivity index (χ1v) is 28.8. The van der Waals surface area contributed by atoms with Crippen molar-refractivity contribution in [2.75, 3.05) is 6.61 Å². The first-order valence-electron chi connectivity index (χ1n) is 28.8. The molecule has 4 heteroatoms. The van der Waals surface area contributed by atoms with Crippen LogP contribution in [-0.2, 0) is 4.79 Å². The standard InChI is InChI=1S/C62H111NO3/c1-3-5-7-9-11-13-15-17-18-19-20-21-22-23-24-25-26-27-28-29-30-31-32-33-34-35-36-37-38-39-40-41-42-43-44-46-48-50-52-54-56-58-62(66)63-60(59-64)61(65)57-55-53-51-49-47-45-16-14-12-10-8-6-4-2/h5,7,11,13,17-18,20-21,23-24,26-27,55,57,60-61,64-65H,3-4,6,8-10,12,14-16,19,22,25,28-54,56,58-59H2,1-2H3,(H,63,66)/b7-5-,13-11-,18-17-,21-20-,24-23-,27-26-,57-55+. The van der Waals surface area contributed by atoms with Gasteiger partial charge in [-0.15, -0.1) is 0 Å². The van der Waals surface area contributed by atoms with E-state index in [0.29, 0.717) is 6.42 Å². The van der Waals surface area contributed by atoms with Gasteiger partial charge in [0.2, 0.25) is 5.91 Å². The summed E-state index contributed by atoms with van der Waals surface area (Å²) in [5.74, 6) is -0.0624. The maximum absolute atomic E-state index is 12.4. The van der Waals surface area contributed by atoms with E-state index in [0.717, 1.165) is 64.2 Å². The van der Waals surface area contributed by atoms with E-state index < -0.39 is 12.1 Å². The van der Waals surface area contributed by atoms with Gasteiger partial charge in [0.25, 0.3) is 0 Å². The Balaban J connectivity index is 3.43. The molecular formula is C62H111NO3. The van der Waals surface area contributed by atoms with Crippen LogP contribution in [0.25, 0.3) is 0 Å². The van der Waals surface area contributed by atoms with Crippen molar-refractivity contribution in [2.45, 2.75) is 296 Å². The van der Waals surface area contributed by atoms with Gasteiger partial charge in [-0.25, -0.2) is 0 Å². The smallest absolute Gasteiger partial charge is 0.220 e. The lowest BCUT2D eigenvalue weighted by molar-refractivity contribution is -0.123. The highest BCUT2D eigenvalue weighted by Crippen LogP contribution is 2.17. The quantitative estimate of drug-likeness (QED) is 0.0421. The van der Waals surface area contributed by atoms with Crippen molar-refractivity contribution in [3.63, 3.8) is 0 Å². The summed E-state index contributed by atoms with van der Waals surface area (Å²) in [5, 5.41) is 23.1. The highest BCUT2D eigenvalue weighted by Gasteiger charge is 2.18. The van der Waals surface area contributed by atoms with E-state index in [9.17, 15) is 15.0 Å². The molecule has 0 aliphatic carbocycles. The fourth-order valence-corrected chi connectivity index (χ4v) is 8.54. The molecule has 0 aromatic heterocycles. The summed E-state index contributed by atoms with van der Waals surface area (Å²) in [4.78, 5) is 12.4. The number of carbonyl (C=O) groups is 1. The van der Waals surface area contributed by atoms with Gasteiger partial charge >= 0.3 is 0 Å². The summed E-state index contributed by atoms with van der Waals surface area (Å²) in [6.07, 6.45) is 83.3. The first kappa shape index (κ1) is 63.6. The third-order valence-corrected chi connectivity index (χ3v) is 12.9. The zero-order chi connectivity index (χ0) is 47.7. The molecule has 0 aromatic carbocycles. The zero-order valence-corrected chi connectivity index (χ0v) is 43.9. The van der Waals surface area contributed by atoms with E-state index >= 15 is 0 Å². The maximum atomic E-state index is 12.4. The second-order valence-corrected chi connectivity index (χ2v) is 19.3. The summed E-state index contributed by atoms with van der Waals surface area (Å²) in [6.45, 7) is 4.20. The van der Waals surface area contributed by atoms with Crippen LogP contribution in [0.4, 0.5) is 0 Å². The van der Waals surface area contributed by atoms with Gasteiger partial charge < -0.3 is 15.5 Å². The molecule has 3 N–H and O–H groups in total. The second-order valence-electron chi connectivity index (χ2n) is 19.3. The molecular weight excluding hydrogens is 807 g/mol. The van der Waals surface area contributed by atoms with Gasteiger partial charge in [-0.1, -0.05) is 292 Å². The predicted octanol–water partition coefficient (Wildman–Crippen LogP) is 19.1. The molecule has 0 aliphatic heterocycles. The molecule has 2 unspecified atom stereocenters. The molecule has 0 spiro atoms. The Morgan fingerprint density at radius 3 is 1.00 bits per heavy atom. The Hall–Kier alpha value is -2.43. The number of unbranched alkanes of at least 4 members (excludes halogenated alkanes) is 33. The van der Waals surface area contributed by atoms with Crippen LogP contribution >= 0.6 is 0 Å². The van der Waals surface area contributed by atoms with Crippen molar-refractivity contribution in [1.29, 1.82) is 0 Å². The summed E-state index contributed by atoms with van der Waals surface area (Å²) < 4.78 is 0. The lowest BCUT2D eigenvalue weighted by Crippen LogP contribution is -2.45. The molecule has 0 saturated heterocycles. The lowest BCUT2D eigenvalue weighted by Gasteiger charge is -2.20. The highest BCUT2D eigenvalue weighted by atomic mass is 16.3. The van der Waals surface area contributed by atoms with Crippen LogP contribution in [0.2, 0.25) is 0 Å². The number of hydrogen-bond donors (Lipinski definition) is 3. The van der Waals surface area contributed by atoms with Crippen molar-refractivity contribution in [3.05, 3.63) is 85.1 Å². The SMILES string of the molecule is CC/C=C\C/C=C\C/C=C\C/C=C\C/C=C\C/C=C\CCCCCCCCCCCCCCCCCCCCCCCCC(=O)NC(CO)C(O)/C=C/CCCCCCCCCCCCC. The van der Waals surface area contributed by atoms with Crippen LogP contribution in [0.1, 0.15) is 284 Å². The number of aliphatic hydroxyl groups excluding tert-OH is 2. The van der Waals surface area contributed by atoms with Gasteiger partial charge in [-0.2, -0.15) is 0 Å². The van der Waals surface area contributed by atoms with E-state index in [4.69, 9.17) is 0 Å². The predicted molar refractivity (Wildman–Crippen MR) is 294 cm³/mol. The Morgan fingerprint density at radius 1 is 0.379 bits per heavy atom. The first-order chi connectivity index (χ1) is 32.7. The summed E-state index contributed by atoms with van der Waals surface area (Å²) >= 11 is 0. The van der Waals surface area contributed by atoms with E-state index in [1.54, 1.807) is 6.08 Å². The van der Waals surface area contributed by atoms with E-state index in [1.807, 2.05) is 6.08 Å². The van der Waals surface area contributed by atoms with Crippen LogP contribution in [0.3, 0.4) is 0 Å². The molecule has 2 atom stereocenters. The zero-order valence-electron chi connectivity index (χ0n) is 43.9. The van der Waals surface area contributed by atoms with Crippen LogP contribution in [0.5, 0.6) is 0 Å². The number of nitrogens with one attached hydrogen (secondary N) is 1. The fraction of sp³-hybridized carbons (Fsp3) is 0.758. The molecule has 0 rings (SSSR count). The van der Waals surface area contributed by atoms with Gasteiger partial charge in [0.15, 0.2) is 0 Å². The molecule has 1 amide bonds. The number of allylic oxidation sites excluding steroid dienone is 13. The van der Waals surface area contributed by atoms with Crippen molar-refractivity contribution in [3.8, 4) is 0 Å². The van der Waals surface area contributed by atoms with Crippen molar-refractivity contribution in [2.24, 2.45) is 0 Å². The van der Waals surface area contributed by atoms with Gasteiger partial charge in [-0.05, 0) is 70.6 Å². The molecule has 0 radical (unpaired) electrons. The Bertz CT molecular complexity index is 1180. The van der Waals surface area contributed by atoms with Gasteiger partial charge in [0, 0.05) is 6.42 Å². The Kier molecular flexibility index (Phi) is 54.8. The minimum absolute atomic E-state index is 0.0624. The molecule has 0 bridgehead atoms. The molecule has 0 heterocycles. The summed E-state index contributed by atoms with van der Waals surface area (Å²) in [7, 11) is 0. The molecule has 66 heavy (non-hydrogen) atoms. The van der Waals surface area contributed by atoms with E-state index in [2.05, 4.69) is 92.1 Å².